The monoisotopic (exact) mass is 325 g/mol. The zero-order valence-electron chi connectivity index (χ0n) is 13.5. The van der Waals surface area contributed by atoms with Crippen LogP contribution in [-0.2, 0) is 20.7 Å². The molecule has 0 radical (unpaired) electrons. The van der Waals surface area contributed by atoms with Gasteiger partial charge in [-0.1, -0.05) is 48.0 Å². The highest BCUT2D eigenvalue weighted by molar-refractivity contribution is 5.98. The maximum Gasteiger partial charge on any atom is 0.336 e. The number of cyclic esters (lactones) is 1. The van der Waals surface area contributed by atoms with E-state index in [0.717, 1.165) is 11.1 Å². The van der Waals surface area contributed by atoms with E-state index in [4.69, 9.17) is 9.47 Å². The number of carbonyl (C=O) groups excluding carboxylic acids is 2. The zero-order valence-corrected chi connectivity index (χ0v) is 13.5. The summed E-state index contributed by atoms with van der Waals surface area (Å²) in [6.45, 7) is 1.99. The number of ether oxygens (including phenoxy) is 2. The van der Waals surface area contributed by atoms with Crippen molar-refractivity contribution in [3.63, 3.8) is 0 Å². The van der Waals surface area contributed by atoms with Crippen LogP contribution in [0.3, 0.4) is 0 Å². The molecule has 2 aromatic carbocycles. The molecule has 1 fully saturated rings. The van der Waals surface area contributed by atoms with Crippen LogP contribution in [0.1, 0.15) is 21.5 Å². The maximum atomic E-state index is 12.5. The molecule has 5 heteroatoms. The van der Waals surface area contributed by atoms with Crippen LogP contribution >= 0.6 is 0 Å². The Hall–Kier alpha value is -2.66. The third kappa shape index (κ3) is 3.46. The fourth-order valence-electron chi connectivity index (χ4n) is 2.70. The summed E-state index contributed by atoms with van der Waals surface area (Å²) in [6.07, 6.45) is 0.310. The van der Waals surface area contributed by atoms with Gasteiger partial charge in [-0.05, 0) is 24.6 Å². The Kier molecular flexibility index (Phi) is 4.62. The second-order valence-electron chi connectivity index (χ2n) is 5.96. The van der Waals surface area contributed by atoms with E-state index in [9.17, 15) is 9.59 Å². The van der Waals surface area contributed by atoms with E-state index in [2.05, 4.69) is 5.32 Å². The van der Waals surface area contributed by atoms with Gasteiger partial charge >= 0.3 is 5.97 Å². The second-order valence-corrected chi connectivity index (χ2v) is 5.96. The van der Waals surface area contributed by atoms with Gasteiger partial charge in [0.2, 0.25) is 0 Å². The summed E-state index contributed by atoms with van der Waals surface area (Å²) < 4.78 is 10.4. The highest BCUT2D eigenvalue weighted by atomic mass is 16.7. The molecular weight excluding hydrogens is 306 g/mol. The normalized spacial score (nSPS) is 20.3. The number of carbonyl (C=O) groups is 2. The van der Waals surface area contributed by atoms with E-state index in [1.165, 1.54) is 0 Å². The summed E-state index contributed by atoms with van der Waals surface area (Å²) in [5, 5.41) is 2.82. The molecular formula is C19H19NO4. The largest absolute Gasteiger partial charge is 0.437 e. The van der Waals surface area contributed by atoms with Crippen molar-refractivity contribution in [2.24, 2.45) is 0 Å². The first-order valence-electron chi connectivity index (χ1n) is 7.77. The van der Waals surface area contributed by atoms with Gasteiger partial charge < -0.3 is 14.8 Å². The standard InChI is InChI=1S/C19H19NO4/c1-14-7-9-15(10-8-14)11-19(12-23-13-24-18(19)22)20-17(21)16-5-3-2-4-6-16/h2-10H,11-13H2,1H3,(H,20,21). The first kappa shape index (κ1) is 16.2. The maximum absolute atomic E-state index is 12.5. The van der Waals surface area contributed by atoms with E-state index >= 15 is 0 Å². The van der Waals surface area contributed by atoms with Crippen molar-refractivity contribution in [2.45, 2.75) is 18.9 Å². The Bertz CT molecular complexity index is 727. The molecule has 1 saturated heterocycles. The predicted molar refractivity (Wildman–Crippen MR) is 88.4 cm³/mol. The fourth-order valence-corrected chi connectivity index (χ4v) is 2.70. The van der Waals surface area contributed by atoms with Crippen molar-refractivity contribution >= 4 is 11.9 Å². The lowest BCUT2D eigenvalue weighted by molar-refractivity contribution is -0.184. The quantitative estimate of drug-likeness (QED) is 0.876. The minimum atomic E-state index is -1.22. The van der Waals surface area contributed by atoms with Crippen molar-refractivity contribution in [1.29, 1.82) is 0 Å². The molecule has 0 aliphatic carbocycles. The molecule has 0 saturated carbocycles. The highest BCUT2D eigenvalue weighted by Crippen LogP contribution is 2.21. The van der Waals surface area contributed by atoms with Crippen molar-refractivity contribution in [1.82, 2.24) is 5.32 Å². The Labute approximate surface area is 140 Å². The number of amides is 1. The zero-order chi connectivity index (χ0) is 17.0. The Morgan fingerprint density at radius 2 is 1.83 bits per heavy atom. The van der Waals surface area contributed by atoms with Crippen LogP contribution in [0, 0.1) is 6.92 Å². The minimum Gasteiger partial charge on any atom is -0.437 e. The smallest absolute Gasteiger partial charge is 0.336 e. The van der Waals surface area contributed by atoms with Crippen LogP contribution in [-0.4, -0.2) is 30.8 Å². The number of nitrogens with one attached hydrogen (secondary N) is 1. The van der Waals surface area contributed by atoms with Crippen molar-refractivity contribution < 1.29 is 19.1 Å². The van der Waals surface area contributed by atoms with Gasteiger partial charge in [0.1, 0.15) is 0 Å². The van der Waals surface area contributed by atoms with Gasteiger partial charge in [0, 0.05) is 12.0 Å². The molecule has 2 aromatic rings. The van der Waals surface area contributed by atoms with E-state index in [-0.39, 0.29) is 19.3 Å². The summed E-state index contributed by atoms with van der Waals surface area (Å²) in [5.41, 5.74) is 1.32. The predicted octanol–water partition coefficient (Wildman–Crippen LogP) is 2.24. The number of aryl methyl sites for hydroxylation is 1. The Balaban J connectivity index is 1.86. The summed E-state index contributed by atoms with van der Waals surface area (Å²) >= 11 is 0. The summed E-state index contributed by atoms with van der Waals surface area (Å²) in [4.78, 5) is 25.0. The molecule has 1 unspecified atom stereocenters. The molecule has 0 aromatic heterocycles. The van der Waals surface area contributed by atoms with Gasteiger partial charge in [-0.15, -0.1) is 0 Å². The Morgan fingerprint density at radius 1 is 1.12 bits per heavy atom. The number of hydrogen-bond acceptors (Lipinski definition) is 4. The van der Waals surface area contributed by atoms with Gasteiger partial charge in [-0.3, -0.25) is 4.79 Å². The van der Waals surface area contributed by atoms with E-state index in [1.807, 2.05) is 37.3 Å². The van der Waals surface area contributed by atoms with Gasteiger partial charge in [-0.2, -0.15) is 0 Å². The van der Waals surface area contributed by atoms with Crippen LogP contribution in [0.25, 0.3) is 0 Å². The second kappa shape index (κ2) is 6.84. The van der Waals surface area contributed by atoms with Gasteiger partial charge in [0.05, 0.1) is 6.61 Å². The molecule has 1 N–H and O–H groups in total. The molecule has 5 nitrogen and oxygen atoms in total. The molecule has 1 amide bonds. The number of hydrogen-bond donors (Lipinski definition) is 1. The molecule has 1 heterocycles. The third-order valence-electron chi connectivity index (χ3n) is 4.03. The molecule has 0 spiro atoms. The summed E-state index contributed by atoms with van der Waals surface area (Å²) in [7, 11) is 0. The average Bonchev–Trinajstić information content (AvgIpc) is 2.60. The van der Waals surface area contributed by atoms with Crippen molar-refractivity contribution in [2.75, 3.05) is 13.4 Å². The topological polar surface area (TPSA) is 64.6 Å². The first-order valence-corrected chi connectivity index (χ1v) is 7.77. The molecule has 0 bridgehead atoms. The lowest BCUT2D eigenvalue weighted by Gasteiger charge is -2.35. The van der Waals surface area contributed by atoms with Crippen LogP contribution in [0.2, 0.25) is 0 Å². The van der Waals surface area contributed by atoms with Crippen LogP contribution in [0.4, 0.5) is 0 Å². The molecule has 24 heavy (non-hydrogen) atoms. The lowest BCUT2D eigenvalue weighted by atomic mass is 9.90. The fraction of sp³-hybridized carbons (Fsp3) is 0.263. The van der Waals surface area contributed by atoms with Crippen molar-refractivity contribution in [3.8, 4) is 0 Å². The highest BCUT2D eigenvalue weighted by Gasteiger charge is 2.44. The van der Waals surface area contributed by atoms with E-state index < -0.39 is 11.5 Å². The third-order valence-corrected chi connectivity index (χ3v) is 4.03. The first-order chi connectivity index (χ1) is 11.6. The van der Waals surface area contributed by atoms with Gasteiger partial charge in [-0.25, -0.2) is 4.79 Å². The Morgan fingerprint density at radius 3 is 2.50 bits per heavy atom. The van der Waals surface area contributed by atoms with Gasteiger partial charge in [0.25, 0.3) is 5.91 Å². The molecule has 124 valence electrons. The van der Waals surface area contributed by atoms with Crippen LogP contribution < -0.4 is 5.32 Å². The van der Waals surface area contributed by atoms with E-state index in [0.29, 0.717) is 12.0 Å². The van der Waals surface area contributed by atoms with Crippen molar-refractivity contribution in [3.05, 3.63) is 71.3 Å². The lowest BCUT2D eigenvalue weighted by Crippen LogP contribution is -2.62. The minimum absolute atomic E-state index is 0.0816. The van der Waals surface area contributed by atoms with E-state index in [1.54, 1.807) is 24.3 Å². The summed E-state index contributed by atoms with van der Waals surface area (Å²) in [6, 6.07) is 16.6. The molecule has 1 aliphatic rings. The molecule has 1 aliphatic heterocycles. The number of esters is 1. The summed E-state index contributed by atoms with van der Waals surface area (Å²) in [5.74, 6) is -0.802. The van der Waals surface area contributed by atoms with Crippen LogP contribution in [0.15, 0.2) is 54.6 Å². The van der Waals surface area contributed by atoms with Crippen LogP contribution in [0.5, 0.6) is 0 Å². The number of benzene rings is 2. The SMILES string of the molecule is Cc1ccc(CC2(NC(=O)c3ccccc3)COCOC2=O)cc1. The molecule has 3 rings (SSSR count). The molecule has 1 atom stereocenters. The van der Waals surface area contributed by atoms with Gasteiger partial charge in [0.15, 0.2) is 12.3 Å². The number of rotatable bonds is 4. The average molecular weight is 325 g/mol.